The summed E-state index contributed by atoms with van der Waals surface area (Å²) in [6.07, 6.45) is 0. The molecule has 0 heterocycles. The van der Waals surface area contributed by atoms with Crippen molar-refractivity contribution in [2.75, 3.05) is 19.8 Å². The maximum Gasteiger partial charge on any atom is 0.372 e. The predicted octanol–water partition coefficient (Wildman–Crippen LogP) is 0.0385. The van der Waals surface area contributed by atoms with Crippen LogP contribution in [-0.4, -0.2) is 25.7 Å². The number of hydrogen-bond donors (Lipinski definition) is 1. The minimum absolute atomic E-state index is 0.0114. The molecule has 0 amide bonds. The zero-order chi connectivity index (χ0) is 8.69. The molecule has 0 saturated heterocycles. The summed E-state index contributed by atoms with van der Waals surface area (Å²) in [4.78, 5) is 10.8. The van der Waals surface area contributed by atoms with E-state index >= 15 is 0 Å². The van der Waals surface area contributed by atoms with E-state index in [-0.39, 0.29) is 12.4 Å². The molecule has 0 aliphatic heterocycles. The van der Waals surface area contributed by atoms with E-state index < -0.39 is 5.97 Å². The Labute approximate surface area is 66.0 Å². The Kier molecular flexibility index (Phi) is 5.20. The van der Waals surface area contributed by atoms with Gasteiger partial charge in [0.05, 0.1) is 6.61 Å². The molecule has 4 nitrogen and oxygen atoms in total. The van der Waals surface area contributed by atoms with Crippen LogP contribution in [0.2, 0.25) is 0 Å². The molecular formula is C7H13NO3. The molecule has 0 aromatic rings. The lowest BCUT2D eigenvalue weighted by atomic mass is 10.5. The summed E-state index contributed by atoms with van der Waals surface area (Å²) in [7, 11) is 0. The van der Waals surface area contributed by atoms with Gasteiger partial charge in [0.2, 0.25) is 0 Å². The van der Waals surface area contributed by atoms with E-state index in [2.05, 4.69) is 11.3 Å². The lowest BCUT2D eigenvalue weighted by Gasteiger charge is -2.05. The van der Waals surface area contributed by atoms with Crippen LogP contribution in [0, 0.1) is 0 Å². The summed E-state index contributed by atoms with van der Waals surface area (Å²) in [6.45, 7) is 6.05. The monoisotopic (exact) mass is 159 g/mol. The van der Waals surface area contributed by atoms with Gasteiger partial charge in [-0.15, -0.1) is 0 Å². The molecule has 0 fully saturated rings. The van der Waals surface area contributed by atoms with Gasteiger partial charge in [-0.3, -0.25) is 0 Å². The fourth-order valence-corrected chi connectivity index (χ4v) is 0.453. The summed E-state index contributed by atoms with van der Waals surface area (Å²) in [5.41, 5.74) is 5.13. The van der Waals surface area contributed by atoms with Crippen molar-refractivity contribution in [3.8, 4) is 0 Å². The second kappa shape index (κ2) is 5.73. The van der Waals surface area contributed by atoms with E-state index in [1.165, 1.54) is 0 Å². The number of esters is 1. The molecule has 0 rings (SSSR count). The molecule has 4 heteroatoms. The highest BCUT2D eigenvalue weighted by molar-refractivity contribution is 5.85. The van der Waals surface area contributed by atoms with E-state index in [1.807, 2.05) is 0 Å². The molecular weight excluding hydrogens is 146 g/mol. The maximum absolute atomic E-state index is 10.8. The van der Waals surface area contributed by atoms with Crippen molar-refractivity contribution >= 4 is 5.97 Å². The van der Waals surface area contributed by atoms with Gasteiger partial charge < -0.3 is 15.2 Å². The molecule has 0 aromatic carbocycles. The van der Waals surface area contributed by atoms with Crippen molar-refractivity contribution < 1.29 is 14.3 Å². The van der Waals surface area contributed by atoms with Crippen LogP contribution in [0.3, 0.4) is 0 Å². The summed E-state index contributed by atoms with van der Waals surface area (Å²) >= 11 is 0. The Bertz CT molecular complexity index is 145. The zero-order valence-electron chi connectivity index (χ0n) is 6.63. The first-order valence-electron chi connectivity index (χ1n) is 3.41. The zero-order valence-corrected chi connectivity index (χ0v) is 6.63. The van der Waals surface area contributed by atoms with Gasteiger partial charge in [0.25, 0.3) is 0 Å². The van der Waals surface area contributed by atoms with Gasteiger partial charge in [0.15, 0.2) is 5.76 Å². The highest BCUT2D eigenvalue weighted by Gasteiger charge is 2.07. The van der Waals surface area contributed by atoms with E-state index in [0.29, 0.717) is 13.2 Å². The first-order valence-corrected chi connectivity index (χ1v) is 3.41. The minimum Gasteiger partial charge on any atom is -0.486 e. The van der Waals surface area contributed by atoms with Gasteiger partial charge in [-0.1, -0.05) is 0 Å². The fraction of sp³-hybridized carbons (Fsp3) is 0.571. The molecule has 0 aromatic heterocycles. The normalized spacial score (nSPS) is 8.91. The number of hydrogen-bond acceptors (Lipinski definition) is 4. The Morgan fingerprint density at radius 3 is 2.64 bits per heavy atom. The van der Waals surface area contributed by atoms with E-state index in [4.69, 9.17) is 10.5 Å². The van der Waals surface area contributed by atoms with Crippen LogP contribution >= 0.6 is 0 Å². The van der Waals surface area contributed by atoms with Crippen molar-refractivity contribution in [2.45, 2.75) is 6.92 Å². The smallest absolute Gasteiger partial charge is 0.372 e. The Hall–Kier alpha value is -1.03. The van der Waals surface area contributed by atoms with Crippen LogP contribution in [0.15, 0.2) is 12.3 Å². The van der Waals surface area contributed by atoms with E-state index in [1.54, 1.807) is 6.92 Å². The van der Waals surface area contributed by atoms with Crippen molar-refractivity contribution in [2.24, 2.45) is 5.73 Å². The summed E-state index contributed by atoms with van der Waals surface area (Å²) in [6, 6.07) is 0. The van der Waals surface area contributed by atoms with Crippen LogP contribution in [0.25, 0.3) is 0 Å². The predicted molar refractivity (Wildman–Crippen MR) is 40.8 cm³/mol. The van der Waals surface area contributed by atoms with Gasteiger partial charge in [-0.25, -0.2) is 4.79 Å². The van der Waals surface area contributed by atoms with Crippen LogP contribution in [-0.2, 0) is 14.3 Å². The molecule has 2 N–H and O–H groups in total. The lowest BCUT2D eigenvalue weighted by Crippen LogP contribution is -2.14. The molecule has 0 aliphatic carbocycles. The van der Waals surface area contributed by atoms with Crippen molar-refractivity contribution in [3.63, 3.8) is 0 Å². The Morgan fingerprint density at radius 1 is 1.55 bits per heavy atom. The minimum atomic E-state index is -0.527. The van der Waals surface area contributed by atoms with Gasteiger partial charge in [-0.2, -0.15) is 0 Å². The number of carbonyl (C=O) groups excluding carboxylic acids is 1. The fourth-order valence-electron chi connectivity index (χ4n) is 0.453. The molecule has 0 saturated carbocycles. The second-order valence-electron chi connectivity index (χ2n) is 1.78. The van der Waals surface area contributed by atoms with E-state index in [9.17, 15) is 4.79 Å². The average Bonchev–Trinajstić information content (AvgIpc) is 2.00. The maximum atomic E-state index is 10.8. The molecule has 11 heavy (non-hydrogen) atoms. The second-order valence-corrected chi connectivity index (χ2v) is 1.78. The molecule has 0 unspecified atom stereocenters. The molecule has 0 atom stereocenters. The van der Waals surface area contributed by atoms with Gasteiger partial charge in [0, 0.05) is 6.54 Å². The first-order chi connectivity index (χ1) is 5.22. The number of rotatable bonds is 5. The SMILES string of the molecule is C=C(OCCN)C(=O)OCC. The highest BCUT2D eigenvalue weighted by Crippen LogP contribution is 1.95. The summed E-state index contributed by atoms with van der Waals surface area (Å²) in [5, 5.41) is 0. The average molecular weight is 159 g/mol. The van der Waals surface area contributed by atoms with E-state index in [0.717, 1.165) is 0 Å². The topological polar surface area (TPSA) is 61.5 Å². The van der Waals surface area contributed by atoms with Crippen molar-refractivity contribution in [3.05, 3.63) is 12.3 Å². The molecule has 0 aliphatic rings. The molecule has 64 valence electrons. The Balaban J connectivity index is 3.56. The van der Waals surface area contributed by atoms with Gasteiger partial charge in [0.1, 0.15) is 6.61 Å². The van der Waals surface area contributed by atoms with Crippen molar-refractivity contribution in [1.82, 2.24) is 0 Å². The van der Waals surface area contributed by atoms with Crippen molar-refractivity contribution in [1.29, 1.82) is 0 Å². The van der Waals surface area contributed by atoms with Crippen LogP contribution in [0.1, 0.15) is 6.92 Å². The third kappa shape index (κ3) is 4.38. The lowest BCUT2D eigenvalue weighted by molar-refractivity contribution is -0.142. The third-order valence-corrected chi connectivity index (χ3v) is 0.897. The number of carbonyl (C=O) groups is 1. The third-order valence-electron chi connectivity index (χ3n) is 0.897. The van der Waals surface area contributed by atoms with Gasteiger partial charge >= 0.3 is 5.97 Å². The summed E-state index contributed by atoms with van der Waals surface area (Å²) in [5.74, 6) is -0.516. The standard InChI is InChI=1S/C7H13NO3/c1-3-10-7(9)6(2)11-5-4-8/h2-5,8H2,1H3. The highest BCUT2D eigenvalue weighted by atomic mass is 16.6. The van der Waals surface area contributed by atoms with Crippen LogP contribution in [0.5, 0.6) is 0 Å². The van der Waals surface area contributed by atoms with Crippen LogP contribution in [0.4, 0.5) is 0 Å². The quantitative estimate of drug-likeness (QED) is 0.349. The molecule has 0 bridgehead atoms. The molecule has 0 radical (unpaired) electrons. The molecule has 0 spiro atoms. The Morgan fingerprint density at radius 2 is 2.18 bits per heavy atom. The summed E-state index contributed by atoms with van der Waals surface area (Å²) < 4.78 is 9.41. The van der Waals surface area contributed by atoms with Crippen LogP contribution < -0.4 is 5.73 Å². The largest absolute Gasteiger partial charge is 0.486 e. The van der Waals surface area contributed by atoms with Gasteiger partial charge in [-0.05, 0) is 13.5 Å². The first kappa shape index (κ1) is 9.97. The number of ether oxygens (including phenoxy) is 2. The number of nitrogens with two attached hydrogens (primary N) is 1.